The van der Waals surface area contributed by atoms with Crippen molar-refractivity contribution in [1.29, 1.82) is 0 Å². The zero-order chi connectivity index (χ0) is 12.8. The summed E-state index contributed by atoms with van der Waals surface area (Å²) in [5.41, 5.74) is 2.41. The Morgan fingerprint density at radius 1 is 1.35 bits per heavy atom. The van der Waals surface area contributed by atoms with E-state index in [2.05, 4.69) is 44.1 Å². The molecule has 0 atom stereocenters. The predicted octanol–water partition coefficient (Wildman–Crippen LogP) is 3.68. The van der Waals surface area contributed by atoms with Gasteiger partial charge < -0.3 is 10.2 Å². The third-order valence-corrected chi connectivity index (χ3v) is 3.33. The number of hydrogen-bond donors (Lipinski definition) is 1. The van der Waals surface area contributed by atoms with Crippen LogP contribution in [0.3, 0.4) is 0 Å². The monoisotopic (exact) mass is 254 g/mol. The Morgan fingerprint density at radius 2 is 2.06 bits per heavy atom. The summed E-state index contributed by atoms with van der Waals surface area (Å²) in [4.78, 5) is 2.26. The second-order valence-corrected chi connectivity index (χ2v) is 5.03. The summed E-state index contributed by atoms with van der Waals surface area (Å²) in [5, 5.41) is 4.26. The standard InChI is InChI=1S/C14H23ClN2/c1-5-9-16-10-12-13(15)7-6-8-14(12)17(4)11(2)3/h6-8,11,16H,5,9-10H2,1-4H3. The number of hydrogen-bond acceptors (Lipinski definition) is 2. The van der Waals surface area contributed by atoms with E-state index >= 15 is 0 Å². The Balaban J connectivity index is 2.91. The first-order chi connectivity index (χ1) is 8.07. The van der Waals surface area contributed by atoms with Gasteiger partial charge in [-0.15, -0.1) is 0 Å². The van der Waals surface area contributed by atoms with Crippen molar-refractivity contribution in [2.75, 3.05) is 18.5 Å². The van der Waals surface area contributed by atoms with E-state index in [1.165, 1.54) is 11.3 Å². The van der Waals surface area contributed by atoms with Crippen LogP contribution in [0.1, 0.15) is 32.8 Å². The molecular weight excluding hydrogens is 232 g/mol. The van der Waals surface area contributed by atoms with Gasteiger partial charge in [0.25, 0.3) is 0 Å². The Labute approximate surface area is 110 Å². The van der Waals surface area contributed by atoms with Crippen molar-refractivity contribution >= 4 is 17.3 Å². The van der Waals surface area contributed by atoms with Gasteiger partial charge in [0.05, 0.1) is 0 Å². The summed E-state index contributed by atoms with van der Waals surface area (Å²) in [5.74, 6) is 0. The number of anilines is 1. The molecule has 1 aromatic rings. The molecule has 0 saturated carbocycles. The van der Waals surface area contributed by atoms with Crippen molar-refractivity contribution in [3.63, 3.8) is 0 Å². The maximum atomic E-state index is 6.29. The molecule has 3 heteroatoms. The van der Waals surface area contributed by atoms with Gasteiger partial charge in [0.15, 0.2) is 0 Å². The van der Waals surface area contributed by atoms with Crippen molar-refractivity contribution in [1.82, 2.24) is 5.32 Å². The summed E-state index contributed by atoms with van der Waals surface area (Å²) in [6.07, 6.45) is 1.14. The first kappa shape index (κ1) is 14.3. The van der Waals surface area contributed by atoms with Gasteiger partial charge in [-0.05, 0) is 38.9 Å². The lowest BCUT2D eigenvalue weighted by atomic mass is 10.1. The Bertz CT molecular complexity index is 350. The predicted molar refractivity (Wildman–Crippen MR) is 77.0 cm³/mol. The lowest BCUT2D eigenvalue weighted by Gasteiger charge is -2.27. The van der Waals surface area contributed by atoms with Crippen molar-refractivity contribution in [3.05, 3.63) is 28.8 Å². The second-order valence-electron chi connectivity index (χ2n) is 4.62. The Morgan fingerprint density at radius 3 is 2.65 bits per heavy atom. The van der Waals surface area contributed by atoms with Gasteiger partial charge >= 0.3 is 0 Å². The molecule has 0 heterocycles. The third kappa shape index (κ3) is 3.90. The smallest absolute Gasteiger partial charge is 0.0471 e. The topological polar surface area (TPSA) is 15.3 Å². The SMILES string of the molecule is CCCNCc1c(Cl)cccc1N(C)C(C)C. The first-order valence-electron chi connectivity index (χ1n) is 6.28. The minimum absolute atomic E-state index is 0.471. The van der Waals surface area contributed by atoms with E-state index in [0.717, 1.165) is 24.5 Å². The van der Waals surface area contributed by atoms with Crippen LogP contribution in [0, 0.1) is 0 Å². The van der Waals surface area contributed by atoms with Gasteiger partial charge in [0.1, 0.15) is 0 Å². The van der Waals surface area contributed by atoms with Gasteiger partial charge in [-0.3, -0.25) is 0 Å². The molecule has 0 fully saturated rings. The molecule has 1 rings (SSSR count). The highest BCUT2D eigenvalue weighted by Gasteiger charge is 2.12. The first-order valence-corrected chi connectivity index (χ1v) is 6.66. The van der Waals surface area contributed by atoms with E-state index in [4.69, 9.17) is 11.6 Å². The van der Waals surface area contributed by atoms with E-state index in [1.54, 1.807) is 0 Å². The highest BCUT2D eigenvalue weighted by atomic mass is 35.5. The van der Waals surface area contributed by atoms with Gasteiger partial charge in [0.2, 0.25) is 0 Å². The lowest BCUT2D eigenvalue weighted by Crippen LogP contribution is -2.27. The molecule has 0 saturated heterocycles. The maximum absolute atomic E-state index is 6.29. The van der Waals surface area contributed by atoms with Gasteiger partial charge in [-0.1, -0.05) is 24.6 Å². The van der Waals surface area contributed by atoms with Crippen LogP contribution in [0.2, 0.25) is 5.02 Å². The Kier molecular flexibility index (Phi) is 5.79. The fraction of sp³-hybridized carbons (Fsp3) is 0.571. The molecule has 0 amide bonds. The molecule has 0 bridgehead atoms. The zero-order valence-corrected chi connectivity index (χ0v) is 12.0. The van der Waals surface area contributed by atoms with Crippen LogP contribution in [-0.4, -0.2) is 19.6 Å². The molecule has 2 nitrogen and oxygen atoms in total. The van der Waals surface area contributed by atoms with E-state index in [-0.39, 0.29) is 0 Å². The largest absolute Gasteiger partial charge is 0.372 e. The average molecular weight is 255 g/mol. The number of nitrogens with zero attached hydrogens (tertiary/aromatic N) is 1. The lowest BCUT2D eigenvalue weighted by molar-refractivity contribution is 0.669. The molecule has 0 unspecified atom stereocenters. The number of rotatable bonds is 6. The molecule has 96 valence electrons. The summed E-state index contributed by atoms with van der Waals surface area (Å²) in [6.45, 7) is 8.39. The highest BCUT2D eigenvalue weighted by Crippen LogP contribution is 2.27. The van der Waals surface area contributed by atoms with Gasteiger partial charge in [-0.2, -0.15) is 0 Å². The third-order valence-electron chi connectivity index (χ3n) is 2.98. The molecule has 0 aliphatic heterocycles. The van der Waals surface area contributed by atoms with Crippen LogP contribution in [0.5, 0.6) is 0 Å². The van der Waals surface area contributed by atoms with E-state index in [1.807, 2.05) is 12.1 Å². The van der Waals surface area contributed by atoms with E-state index in [0.29, 0.717) is 6.04 Å². The fourth-order valence-corrected chi connectivity index (χ4v) is 1.96. The molecule has 0 aliphatic rings. The number of benzene rings is 1. The van der Waals surface area contributed by atoms with Crippen LogP contribution in [-0.2, 0) is 6.54 Å². The summed E-state index contributed by atoms with van der Waals surface area (Å²) in [6, 6.07) is 6.58. The van der Waals surface area contributed by atoms with Crippen molar-refractivity contribution < 1.29 is 0 Å². The van der Waals surface area contributed by atoms with Crippen molar-refractivity contribution in [2.24, 2.45) is 0 Å². The number of halogens is 1. The average Bonchev–Trinajstić information content (AvgIpc) is 2.30. The van der Waals surface area contributed by atoms with Crippen molar-refractivity contribution in [2.45, 2.75) is 39.8 Å². The number of nitrogens with one attached hydrogen (secondary N) is 1. The maximum Gasteiger partial charge on any atom is 0.0471 e. The molecular formula is C14H23ClN2. The zero-order valence-electron chi connectivity index (χ0n) is 11.3. The molecule has 0 radical (unpaired) electrons. The summed E-state index contributed by atoms with van der Waals surface area (Å²) < 4.78 is 0. The molecule has 0 spiro atoms. The second kappa shape index (κ2) is 6.87. The van der Waals surface area contributed by atoms with Crippen LogP contribution in [0.25, 0.3) is 0 Å². The van der Waals surface area contributed by atoms with Crippen LogP contribution in [0.15, 0.2) is 18.2 Å². The molecule has 17 heavy (non-hydrogen) atoms. The van der Waals surface area contributed by atoms with Crippen molar-refractivity contribution in [3.8, 4) is 0 Å². The molecule has 0 aliphatic carbocycles. The summed E-state index contributed by atoms with van der Waals surface area (Å²) in [7, 11) is 2.11. The molecule has 0 aromatic heterocycles. The van der Waals surface area contributed by atoms with E-state index < -0.39 is 0 Å². The van der Waals surface area contributed by atoms with E-state index in [9.17, 15) is 0 Å². The molecule has 1 N–H and O–H groups in total. The van der Waals surface area contributed by atoms with Gasteiger partial charge in [-0.25, -0.2) is 0 Å². The normalized spacial score (nSPS) is 10.9. The van der Waals surface area contributed by atoms with Crippen LogP contribution in [0.4, 0.5) is 5.69 Å². The van der Waals surface area contributed by atoms with Crippen LogP contribution >= 0.6 is 11.6 Å². The molecule has 1 aromatic carbocycles. The minimum atomic E-state index is 0.471. The van der Waals surface area contributed by atoms with Crippen LogP contribution < -0.4 is 10.2 Å². The summed E-state index contributed by atoms with van der Waals surface area (Å²) >= 11 is 6.29. The fourth-order valence-electron chi connectivity index (χ4n) is 1.72. The highest BCUT2D eigenvalue weighted by molar-refractivity contribution is 6.31. The van der Waals surface area contributed by atoms with Gasteiger partial charge in [0, 0.05) is 35.9 Å². The minimum Gasteiger partial charge on any atom is -0.372 e. The quantitative estimate of drug-likeness (QED) is 0.779. The Hall–Kier alpha value is -0.730.